The number of anilines is 1. The minimum atomic E-state index is -0.448. The van der Waals surface area contributed by atoms with Crippen molar-refractivity contribution in [1.29, 1.82) is 5.26 Å². The normalized spacial score (nSPS) is 11.8. The van der Waals surface area contributed by atoms with Gasteiger partial charge in [0.1, 0.15) is 5.70 Å². The van der Waals surface area contributed by atoms with Crippen LogP contribution in [0.3, 0.4) is 0 Å². The number of hydrogen-bond acceptors (Lipinski definition) is 8. The summed E-state index contributed by atoms with van der Waals surface area (Å²) in [5.41, 5.74) is 1.16. The lowest BCUT2D eigenvalue weighted by Gasteiger charge is -2.30. The van der Waals surface area contributed by atoms with Crippen molar-refractivity contribution in [3.63, 3.8) is 0 Å². The van der Waals surface area contributed by atoms with Gasteiger partial charge < -0.3 is 25.4 Å². The maximum Gasteiger partial charge on any atom is 0.257 e. The van der Waals surface area contributed by atoms with Crippen LogP contribution in [-0.4, -0.2) is 59.6 Å². The third-order valence-electron chi connectivity index (χ3n) is 3.72. The third kappa shape index (κ3) is 5.45. The van der Waals surface area contributed by atoms with Crippen molar-refractivity contribution < 1.29 is 19.8 Å². The zero-order valence-corrected chi connectivity index (χ0v) is 17.2. The molecule has 0 fully saturated rings. The van der Waals surface area contributed by atoms with Crippen LogP contribution in [0.4, 0.5) is 5.69 Å². The van der Waals surface area contributed by atoms with Gasteiger partial charge in [-0.1, -0.05) is 13.8 Å². The van der Waals surface area contributed by atoms with Gasteiger partial charge in [-0.15, -0.1) is 0 Å². The minimum Gasteiger partial charge on any atom is -0.505 e. The van der Waals surface area contributed by atoms with Crippen LogP contribution in [0.2, 0.25) is 0 Å². The fourth-order valence-electron chi connectivity index (χ4n) is 2.29. The molecule has 1 aliphatic carbocycles. The molecule has 28 heavy (non-hydrogen) atoms. The second-order valence-electron chi connectivity index (χ2n) is 5.56. The number of rotatable bonds is 5. The number of hydrogen-bond donors (Lipinski definition) is 4. The number of aromatic hydroxyl groups is 1. The van der Waals surface area contributed by atoms with E-state index in [4.69, 9.17) is 16.2 Å². The molecule has 2 rings (SSSR count). The van der Waals surface area contributed by atoms with E-state index in [1.807, 2.05) is 26.8 Å². The van der Waals surface area contributed by atoms with Gasteiger partial charge in [-0.2, -0.15) is 5.26 Å². The number of nitrogens with zero attached hydrogens (tertiary/aromatic N) is 3. The fraction of sp³-hybridized carbons (Fsp3) is 0.421. The van der Waals surface area contributed by atoms with E-state index in [-0.39, 0.29) is 40.5 Å². The zero-order chi connectivity index (χ0) is 22.0. The lowest BCUT2D eigenvalue weighted by Crippen LogP contribution is -2.39. The quantitative estimate of drug-likeness (QED) is 0.335. The van der Waals surface area contributed by atoms with Gasteiger partial charge in [-0.25, -0.2) is 5.84 Å². The number of aliphatic hydroxyl groups is 1. The predicted molar refractivity (Wildman–Crippen MR) is 107 cm³/mol. The minimum absolute atomic E-state index is 0.0180. The second-order valence-corrected chi connectivity index (χ2v) is 5.56. The molecular weight excluding hydrogens is 362 g/mol. The smallest absolute Gasteiger partial charge is 0.257 e. The Bertz CT molecular complexity index is 781. The topological polar surface area (TPSA) is 143 Å². The van der Waals surface area contributed by atoms with Crippen LogP contribution in [0.5, 0.6) is 5.75 Å². The number of allylic oxidation sites excluding steroid dienone is 2. The second kappa shape index (κ2) is 11.6. The molecule has 1 aromatic carbocycles. The Labute approximate surface area is 165 Å². The summed E-state index contributed by atoms with van der Waals surface area (Å²) < 4.78 is 0. The number of nitrogens with two attached hydrogens (primary N) is 1. The summed E-state index contributed by atoms with van der Waals surface area (Å²) >= 11 is 0. The highest BCUT2D eigenvalue weighted by Gasteiger charge is 2.31. The Morgan fingerprint density at radius 1 is 1.32 bits per heavy atom. The number of phenolic OH excluding ortho intramolecular Hbond substituents is 1. The fourth-order valence-corrected chi connectivity index (χ4v) is 2.29. The van der Waals surface area contributed by atoms with E-state index in [0.717, 1.165) is 7.11 Å². The van der Waals surface area contributed by atoms with E-state index >= 15 is 0 Å². The van der Waals surface area contributed by atoms with Crippen molar-refractivity contribution in [3.8, 4) is 11.8 Å². The van der Waals surface area contributed by atoms with Gasteiger partial charge in [0, 0.05) is 27.7 Å². The Morgan fingerprint density at radius 3 is 2.32 bits per heavy atom. The molecule has 0 heterocycles. The van der Waals surface area contributed by atoms with E-state index in [0.29, 0.717) is 12.2 Å². The number of carbonyl (C=O) groups is 2. The molecule has 9 nitrogen and oxygen atoms in total. The average Bonchev–Trinajstić information content (AvgIpc) is 2.72. The van der Waals surface area contributed by atoms with Crippen molar-refractivity contribution >= 4 is 17.4 Å². The monoisotopic (exact) mass is 391 g/mol. The molecule has 0 spiro atoms. The SMILES string of the molecule is CC.CCN(N)C1=C(Nc2cc(C#N)cc(C(=O)N(C)C)c2O)C(=O)C1.CO. The van der Waals surface area contributed by atoms with E-state index in [9.17, 15) is 14.7 Å². The highest BCUT2D eigenvalue weighted by atomic mass is 16.3. The number of nitrogens with one attached hydrogen (secondary N) is 1. The highest BCUT2D eigenvalue weighted by Crippen LogP contribution is 2.34. The summed E-state index contributed by atoms with van der Waals surface area (Å²) in [4.78, 5) is 25.3. The molecule has 1 aliphatic rings. The number of hydrazine groups is 1. The number of Topliss-reactive ketones (excluding diaryl/α,β-unsaturated/α-hetero) is 1. The summed E-state index contributed by atoms with van der Waals surface area (Å²) in [7, 11) is 4.08. The summed E-state index contributed by atoms with van der Waals surface area (Å²) in [6.07, 6.45) is 0.203. The van der Waals surface area contributed by atoms with Crippen LogP contribution < -0.4 is 11.2 Å². The van der Waals surface area contributed by atoms with Crippen LogP contribution in [0.15, 0.2) is 23.5 Å². The highest BCUT2D eigenvalue weighted by molar-refractivity contribution is 6.07. The molecule has 1 aromatic rings. The van der Waals surface area contributed by atoms with Gasteiger partial charge in [0.2, 0.25) is 0 Å². The van der Waals surface area contributed by atoms with Crippen LogP contribution in [0.1, 0.15) is 43.1 Å². The molecule has 9 heteroatoms. The number of benzene rings is 1. The number of nitriles is 1. The van der Waals surface area contributed by atoms with E-state index in [1.54, 1.807) is 0 Å². The molecule has 0 aromatic heterocycles. The van der Waals surface area contributed by atoms with Crippen molar-refractivity contribution in [2.75, 3.05) is 33.1 Å². The van der Waals surface area contributed by atoms with Crippen LogP contribution in [-0.2, 0) is 4.79 Å². The Kier molecular flexibility index (Phi) is 10.3. The van der Waals surface area contributed by atoms with Gasteiger partial charge in [-0.3, -0.25) is 9.59 Å². The number of phenols is 1. The first kappa shape index (κ1) is 24.9. The first-order valence-corrected chi connectivity index (χ1v) is 8.79. The van der Waals surface area contributed by atoms with Crippen LogP contribution in [0.25, 0.3) is 0 Å². The van der Waals surface area contributed by atoms with Crippen molar-refractivity contribution in [3.05, 3.63) is 34.7 Å². The molecule has 0 saturated carbocycles. The molecule has 0 aliphatic heterocycles. The third-order valence-corrected chi connectivity index (χ3v) is 3.72. The maximum absolute atomic E-state index is 12.2. The summed E-state index contributed by atoms with van der Waals surface area (Å²) in [6.45, 7) is 6.36. The number of amides is 1. The first-order chi connectivity index (χ1) is 13.3. The molecule has 1 amide bonds. The lowest BCUT2D eigenvalue weighted by atomic mass is 9.97. The van der Waals surface area contributed by atoms with Crippen LogP contribution in [0, 0.1) is 11.3 Å². The molecule has 0 unspecified atom stereocenters. The zero-order valence-electron chi connectivity index (χ0n) is 17.2. The van der Waals surface area contributed by atoms with E-state index in [2.05, 4.69) is 5.32 Å². The molecular formula is C19H29N5O4. The van der Waals surface area contributed by atoms with Gasteiger partial charge in [0.05, 0.1) is 35.0 Å². The van der Waals surface area contributed by atoms with Crippen molar-refractivity contribution in [2.24, 2.45) is 5.84 Å². The van der Waals surface area contributed by atoms with Crippen molar-refractivity contribution in [2.45, 2.75) is 27.2 Å². The molecule has 0 bridgehead atoms. The van der Waals surface area contributed by atoms with E-state index < -0.39 is 5.91 Å². The van der Waals surface area contributed by atoms with Gasteiger partial charge in [0.15, 0.2) is 11.5 Å². The molecule has 154 valence electrons. The first-order valence-electron chi connectivity index (χ1n) is 8.79. The van der Waals surface area contributed by atoms with Gasteiger partial charge in [0.25, 0.3) is 5.91 Å². The Hall–Kier alpha value is -3.09. The standard InChI is InChI=1S/C16H19N5O3.C2H6.CH4O/c1-4-21(18)12-7-13(22)14(12)19-11-6-9(8-17)5-10(15(11)23)16(24)20(2)3;2*1-2/h5-6,19,23H,4,7,18H2,1-3H3;1-2H3;2H,1H3. The molecule has 5 N–H and O–H groups in total. The maximum atomic E-state index is 12.2. The summed E-state index contributed by atoms with van der Waals surface area (Å²) in [5.74, 6) is 4.88. The average molecular weight is 391 g/mol. The summed E-state index contributed by atoms with van der Waals surface area (Å²) in [5, 5.41) is 30.7. The van der Waals surface area contributed by atoms with E-state index in [1.165, 1.54) is 36.1 Å². The van der Waals surface area contributed by atoms with Crippen molar-refractivity contribution in [1.82, 2.24) is 9.91 Å². The van der Waals surface area contributed by atoms with Gasteiger partial charge in [-0.05, 0) is 19.1 Å². The largest absolute Gasteiger partial charge is 0.505 e. The Balaban J connectivity index is 0.00000171. The molecule has 0 radical (unpaired) electrons. The number of ketones is 1. The summed E-state index contributed by atoms with van der Waals surface area (Å²) in [6, 6.07) is 4.62. The number of carbonyl (C=O) groups excluding carboxylic acids is 2. The molecule has 0 atom stereocenters. The lowest BCUT2D eigenvalue weighted by molar-refractivity contribution is -0.117. The Morgan fingerprint density at radius 2 is 1.89 bits per heavy atom. The van der Waals surface area contributed by atoms with Crippen LogP contribution >= 0.6 is 0 Å². The molecule has 0 saturated heterocycles. The van der Waals surface area contributed by atoms with Gasteiger partial charge >= 0.3 is 0 Å². The predicted octanol–water partition coefficient (Wildman–Crippen LogP) is 1.39. The number of aliphatic hydroxyl groups excluding tert-OH is 1.